The van der Waals surface area contributed by atoms with Crippen LogP contribution in [0, 0.1) is 5.92 Å². The lowest BCUT2D eigenvalue weighted by molar-refractivity contribution is 0.0104. The topological polar surface area (TPSA) is 41.9 Å². The highest BCUT2D eigenvalue weighted by molar-refractivity contribution is 4.79. The first-order valence-corrected chi connectivity index (χ1v) is 6.30. The van der Waals surface area contributed by atoms with Gasteiger partial charge >= 0.3 is 0 Å². The molecule has 2 aliphatic heterocycles. The van der Waals surface area contributed by atoms with Crippen LogP contribution in [0.5, 0.6) is 0 Å². The fourth-order valence-corrected chi connectivity index (χ4v) is 2.60. The Morgan fingerprint density at radius 3 is 2.69 bits per heavy atom. The lowest BCUT2D eigenvalue weighted by Gasteiger charge is -2.33. The summed E-state index contributed by atoms with van der Waals surface area (Å²) < 4.78 is 10.6. The molecule has 0 amide bonds. The van der Waals surface area contributed by atoms with Crippen molar-refractivity contribution in [3.05, 3.63) is 0 Å². The number of ether oxygens (including phenoxy) is 2. The molecule has 2 fully saturated rings. The minimum atomic E-state index is -0.221. The molecule has 2 unspecified atom stereocenters. The maximum Gasteiger partial charge on any atom is 0.0718 e. The number of piperidine rings is 1. The number of aliphatic hydroxyl groups excluding tert-OH is 1. The Bertz CT molecular complexity index is 198. The van der Waals surface area contributed by atoms with Crippen LogP contribution in [0.15, 0.2) is 0 Å². The fraction of sp³-hybridized carbons (Fsp3) is 1.00. The molecule has 1 N–H and O–H groups in total. The summed E-state index contributed by atoms with van der Waals surface area (Å²) in [6, 6.07) is 0. The molecule has 0 aromatic rings. The smallest absolute Gasteiger partial charge is 0.0718 e. The molecule has 2 rings (SSSR count). The molecule has 2 aliphatic rings. The third-order valence-corrected chi connectivity index (χ3v) is 3.82. The number of rotatable bonds is 4. The number of hydrogen-bond donors (Lipinski definition) is 1. The molecule has 0 radical (unpaired) electrons. The lowest BCUT2D eigenvalue weighted by Crippen LogP contribution is -2.42. The van der Waals surface area contributed by atoms with Crippen molar-refractivity contribution in [2.24, 2.45) is 5.92 Å². The summed E-state index contributed by atoms with van der Waals surface area (Å²) in [6.45, 7) is 4.43. The van der Waals surface area contributed by atoms with Gasteiger partial charge in [-0.3, -0.25) is 0 Å². The van der Waals surface area contributed by atoms with E-state index in [9.17, 15) is 5.11 Å². The van der Waals surface area contributed by atoms with Gasteiger partial charge in [0.2, 0.25) is 0 Å². The minimum Gasteiger partial charge on any atom is -0.391 e. The molecule has 16 heavy (non-hydrogen) atoms. The first-order valence-electron chi connectivity index (χ1n) is 6.30. The normalized spacial score (nSPS) is 30.8. The standard InChI is InChI=1S/C12H23NO3/c1-15-11-2-5-13(6-3-11)8-12(14)10-4-7-16-9-10/h10-12,14H,2-9H2,1H3. The average molecular weight is 229 g/mol. The van der Waals surface area contributed by atoms with E-state index in [1.54, 1.807) is 7.11 Å². The highest BCUT2D eigenvalue weighted by atomic mass is 16.5. The molecule has 0 aliphatic carbocycles. The SMILES string of the molecule is COC1CCN(CC(O)C2CCOC2)CC1. The van der Waals surface area contributed by atoms with Crippen molar-refractivity contribution in [1.29, 1.82) is 0 Å². The molecular weight excluding hydrogens is 206 g/mol. The number of aliphatic hydroxyl groups is 1. The Labute approximate surface area is 97.5 Å². The van der Waals surface area contributed by atoms with Crippen molar-refractivity contribution in [2.75, 3.05) is 40.0 Å². The highest BCUT2D eigenvalue weighted by Gasteiger charge is 2.27. The van der Waals surface area contributed by atoms with Crippen LogP contribution in [0.1, 0.15) is 19.3 Å². The van der Waals surface area contributed by atoms with Crippen molar-refractivity contribution in [1.82, 2.24) is 4.90 Å². The van der Waals surface area contributed by atoms with E-state index in [0.29, 0.717) is 12.0 Å². The van der Waals surface area contributed by atoms with E-state index in [-0.39, 0.29) is 6.10 Å². The van der Waals surface area contributed by atoms with Gasteiger partial charge in [0.15, 0.2) is 0 Å². The maximum absolute atomic E-state index is 10.1. The van der Waals surface area contributed by atoms with Gasteiger partial charge in [-0.1, -0.05) is 0 Å². The molecule has 0 saturated carbocycles. The van der Waals surface area contributed by atoms with Gasteiger partial charge in [0, 0.05) is 39.3 Å². The van der Waals surface area contributed by atoms with E-state index in [1.165, 1.54) is 0 Å². The molecule has 2 atom stereocenters. The lowest BCUT2D eigenvalue weighted by atomic mass is 10.00. The van der Waals surface area contributed by atoms with Crippen molar-refractivity contribution in [3.63, 3.8) is 0 Å². The molecule has 94 valence electrons. The fourth-order valence-electron chi connectivity index (χ4n) is 2.60. The molecule has 4 heteroatoms. The summed E-state index contributed by atoms with van der Waals surface area (Å²) in [7, 11) is 1.78. The van der Waals surface area contributed by atoms with Gasteiger partial charge in [-0.05, 0) is 19.3 Å². The van der Waals surface area contributed by atoms with Crippen LogP contribution in [0.3, 0.4) is 0 Å². The van der Waals surface area contributed by atoms with Crippen LogP contribution in [0.25, 0.3) is 0 Å². The van der Waals surface area contributed by atoms with Gasteiger partial charge < -0.3 is 19.5 Å². The predicted octanol–water partition coefficient (Wildman–Crippen LogP) is 0.495. The number of nitrogens with zero attached hydrogens (tertiary/aromatic N) is 1. The maximum atomic E-state index is 10.1. The first kappa shape index (κ1) is 12.3. The monoisotopic (exact) mass is 229 g/mol. The van der Waals surface area contributed by atoms with Crippen LogP contribution in [-0.4, -0.2) is 62.2 Å². The van der Waals surface area contributed by atoms with Crippen molar-refractivity contribution >= 4 is 0 Å². The predicted molar refractivity (Wildman–Crippen MR) is 61.4 cm³/mol. The second-order valence-corrected chi connectivity index (χ2v) is 4.93. The Balaban J connectivity index is 1.69. The summed E-state index contributed by atoms with van der Waals surface area (Å²) in [6.07, 6.45) is 3.38. The van der Waals surface area contributed by atoms with E-state index in [1.807, 2.05) is 0 Å². The quantitative estimate of drug-likeness (QED) is 0.762. The molecule has 0 bridgehead atoms. The van der Waals surface area contributed by atoms with Crippen molar-refractivity contribution in [3.8, 4) is 0 Å². The van der Waals surface area contributed by atoms with Crippen molar-refractivity contribution < 1.29 is 14.6 Å². The highest BCUT2D eigenvalue weighted by Crippen LogP contribution is 2.19. The van der Waals surface area contributed by atoms with Crippen LogP contribution in [0.2, 0.25) is 0 Å². The molecule has 0 aromatic heterocycles. The Kier molecular flexibility index (Phi) is 4.58. The third-order valence-electron chi connectivity index (χ3n) is 3.82. The van der Waals surface area contributed by atoms with Crippen LogP contribution < -0.4 is 0 Å². The number of likely N-dealkylation sites (tertiary alicyclic amines) is 1. The largest absolute Gasteiger partial charge is 0.391 e. The summed E-state index contributed by atoms with van der Waals surface area (Å²) in [4.78, 5) is 2.35. The molecule has 4 nitrogen and oxygen atoms in total. The number of methoxy groups -OCH3 is 1. The van der Waals surface area contributed by atoms with Gasteiger partial charge in [0.05, 0.1) is 18.8 Å². The summed E-state index contributed by atoms with van der Waals surface area (Å²) in [5.41, 5.74) is 0. The second-order valence-electron chi connectivity index (χ2n) is 4.93. The summed E-state index contributed by atoms with van der Waals surface area (Å²) >= 11 is 0. The molecular formula is C12H23NO3. The molecule has 2 saturated heterocycles. The minimum absolute atomic E-state index is 0.221. The Morgan fingerprint density at radius 1 is 1.38 bits per heavy atom. The van der Waals surface area contributed by atoms with E-state index in [4.69, 9.17) is 9.47 Å². The van der Waals surface area contributed by atoms with Gasteiger partial charge in [-0.15, -0.1) is 0 Å². The zero-order valence-corrected chi connectivity index (χ0v) is 10.1. The van der Waals surface area contributed by atoms with Gasteiger partial charge in [-0.2, -0.15) is 0 Å². The Hall–Kier alpha value is -0.160. The van der Waals surface area contributed by atoms with E-state index >= 15 is 0 Å². The number of β-amino-alcohol motifs (C(OH)–C–C–N with tert-alkyl or cyclic N) is 1. The second kappa shape index (κ2) is 5.96. The van der Waals surface area contributed by atoms with Gasteiger partial charge in [-0.25, -0.2) is 0 Å². The molecule has 0 spiro atoms. The van der Waals surface area contributed by atoms with E-state index in [0.717, 1.165) is 52.1 Å². The summed E-state index contributed by atoms with van der Waals surface area (Å²) in [5, 5.41) is 10.1. The summed E-state index contributed by atoms with van der Waals surface area (Å²) in [5.74, 6) is 0.347. The molecule has 2 heterocycles. The van der Waals surface area contributed by atoms with Crippen LogP contribution in [0.4, 0.5) is 0 Å². The number of hydrogen-bond acceptors (Lipinski definition) is 4. The van der Waals surface area contributed by atoms with Crippen LogP contribution >= 0.6 is 0 Å². The van der Waals surface area contributed by atoms with Crippen molar-refractivity contribution in [2.45, 2.75) is 31.5 Å². The van der Waals surface area contributed by atoms with Gasteiger partial charge in [0.1, 0.15) is 0 Å². The Morgan fingerprint density at radius 2 is 2.12 bits per heavy atom. The zero-order chi connectivity index (χ0) is 11.4. The average Bonchev–Trinajstić information content (AvgIpc) is 2.83. The first-order chi connectivity index (χ1) is 7.79. The third kappa shape index (κ3) is 3.17. The molecule has 0 aromatic carbocycles. The van der Waals surface area contributed by atoms with E-state index in [2.05, 4.69) is 4.90 Å². The zero-order valence-electron chi connectivity index (χ0n) is 10.1. The van der Waals surface area contributed by atoms with Crippen LogP contribution in [-0.2, 0) is 9.47 Å². The van der Waals surface area contributed by atoms with E-state index < -0.39 is 0 Å². The van der Waals surface area contributed by atoms with Gasteiger partial charge in [0.25, 0.3) is 0 Å².